The van der Waals surface area contributed by atoms with Gasteiger partial charge in [-0.25, -0.2) is 4.39 Å². The minimum Gasteiger partial charge on any atom is -0.396 e. The number of halogens is 1. The van der Waals surface area contributed by atoms with Gasteiger partial charge in [0, 0.05) is 29.4 Å². The Labute approximate surface area is 162 Å². The maximum absolute atomic E-state index is 13.1. The van der Waals surface area contributed by atoms with Crippen LogP contribution in [0.1, 0.15) is 48.5 Å². The van der Waals surface area contributed by atoms with E-state index in [1.165, 1.54) is 25.0 Å². The van der Waals surface area contributed by atoms with Gasteiger partial charge in [-0.15, -0.1) is 0 Å². The van der Waals surface area contributed by atoms with Crippen molar-refractivity contribution in [2.75, 3.05) is 16.4 Å². The van der Waals surface area contributed by atoms with Crippen LogP contribution in [-0.4, -0.2) is 10.2 Å². The lowest BCUT2D eigenvalue weighted by Crippen LogP contribution is -2.08. The lowest BCUT2D eigenvalue weighted by molar-refractivity contribution is 0.626. The van der Waals surface area contributed by atoms with E-state index in [0.717, 1.165) is 16.9 Å². The first-order valence-electron chi connectivity index (χ1n) is 9.21. The van der Waals surface area contributed by atoms with Gasteiger partial charge in [0.05, 0.1) is 16.9 Å². The van der Waals surface area contributed by atoms with Gasteiger partial charge in [-0.2, -0.15) is 10.4 Å². The molecule has 0 aliphatic heterocycles. The molecule has 4 rings (SSSR count). The quantitative estimate of drug-likeness (QED) is 0.463. The van der Waals surface area contributed by atoms with E-state index in [4.69, 9.17) is 5.73 Å². The first-order valence-corrected chi connectivity index (χ1v) is 9.21. The zero-order valence-corrected chi connectivity index (χ0v) is 15.5. The van der Waals surface area contributed by atoms with E-state index in [9.17, 15) is 9.65 Å². The number of nitrogens with zero attached hydrogens (tertiary/aromatic N) is 2. The van der Waals surface area contributed by atoms with Crippen LogP contribution in [0.25, 0.3) is 0 Å². The summed E-state index contributed by atoms with van der Waals surface area (Å²) in [6.45, 7) is 1.97. The summed E-state index contributed by atoms with van der Waals surface area (Å²) in [5.41, 5.74) is 10.3. The van der Waals surface area contributed by atoms with Crippen molar-refractivity contribution >= 4 is 22.9 Å². The van der Waals surface area contributed by atoms with Gasteiger partial charge in [0.1, 0.15) is 11.9 Å². The summed E-state index contributed by atoms with van der Waals surface area (Å²) in [4.78, 5) is 0. The Balaban J connectivity index is 1.57. The number of H-pyrrole nitrogens is 1. The third-order valence-corrected chi connectivity index (χ3v) is 4.93. The number of aromatic amines is 1. The van der Waals surface area contributed by atoms with Crippen LogP contribution in [-0.2, 0) is 0 Å². The Hall–Kier alpha value is -3.53. The first-order chi connectivity index (χ1) is 13.5. The molecule has 0 bridgehead atoms. The van der Waals surface area contributed by atoms with Crippen molar-refractivity contribution in [3.8, 4) is 6.07 Å². The highest BCUT2D eigenvalue weighted by Gasteiger charge is 2.25. The minimum atomic E-state index is -0.272. The summed E-state index contributed by atoms with van der Waals surface area (Å²) in [5, 5.41) is 23.3. The number of anilines is 4. The molecule has 1 atom stereocenters. The van der Waals surface area contributed by atoms with Gasteiger partial charge in [0.15, 0.2) is 5.82 Å². The minimum absolute atomic E-state index is 0.0736. The summed E-state index contributed by atoms with van der Waals surface area (Å²) in [7, 11) is 0. The second-order valence-electron chi connectivity index (χ2n) is 7.12. The van der Waals surface area contributed by atoms with Crippen molar-refractivity contribution in [2.45, 2.75) is 31.7 Å². The van der Waals surface area contributed by atoms with Gasteiger partial charge in [-0.3, -0.25) is 5.10 Å². The predicted molar refractivity (Wildman–Crippen MR) is 108 cm³/mol. The van der Waals surface area contributed by atoms with Crippen molar-refractivity contribution in [2.24, 2.45) is 0 Å². The topological polar surface area (TPSA) is 103 Å². The molecule has 1 aromatic heterocycles. The molecule has 1 aliphatic carbocycles. The highest BCUT2D eigenvalue weighted by atomic mass is 19.1. The largest absolute Gasteiger partial charge is 0.396 e. The maximum atomic E-state index is 13.1. The van der Waals surface area contributed by atoms with Crippen molar-refractivity contribution in [1.29, 1.82) is 5.26 Å². The molecule has 0 spiro atoms. The standard InChI is InChI=1S/C21H21FN6/c1-12(13-4-6-16(22)7-5-13)25-17-8-15(11-23)21(24)19(9-17)26-20-10-18(27-28-20)14-2-3-14/h4-10,12,14,25H,2-3,24H2,1H3,(H2,26,27,28)/t12-/m0/s1. The smallest absolute Gasteiger partial charge is 0.152 e. The third kappa shape index (κ3) is 3.76. The molecule has 3 aromatic rings. The normalized spacial score (nSPS) is 14.3. The van der Waals surface area contributed by atoms with Crippen molar-refractivity contribution in [1.82, 2.24) is 10.2 Å². The number of aromatic nitrogens is 2. The number of hydrogen-bond donors (Lipinski definition) is 4. The lowest BCUT2D eigenvalue weighted by Gasteiger charge is -2.18. The zero-order valence-electron chi connectivity index (χ0n) is 15.5. The molecule has 142 valence electrons. The van der Waals surface area contributed by atoms with E-state index < -0.39 is 0 Å². The monoisotopic (exact) mass is 376 g/mol. The van der Waals surface area contributed by atoms with Gasteiger partial charge >= 0.3 is 0 Å². The van der Waals surface area contributed by atoms with Crippen LogP contribution < -0.4 is 16.4 Å². The van der Waals surface area contributed by atoms with E-state index in [2.05, 4.69) is 26.9 Å². The predicted octanol–water partition coefficient (Wildman–Crippen LogP) is 4.80. The van der Waals surface area contributed by atoms with Gasteiger partial charge in [-0.1, -0.05) is 12.1 Å². The highest BCUT2D eigenvalue weighted by molar-refractivity contribution is 5.81. The van der Waals surface area contributed by atoms with Gasteiger partial charge < -0.3 is 16.4 Å². The molecule has 0 unspecified atom stereocenters. The number of nitriles is 1. The van der Waals surface area contributed by atoms with Gasteiger partial charge in [-0.05, 0) is 49.6 Å². The number of nitrogen functional groups attached to an aromatic ring is 1. The molecule has 1 aliphatic rings. The lowest BCUT2D eigenvalue weighted by atomic mass is 10.1. The second kappa shape index (κ2) is 7.24. The highest BCUT2D eigenvalue weighted by Crippen LogP contribution is 2.40. The molecule has 2 aromatic carbocycles. The Morgan fingerprint density at radius 2 is 2.00 bits per heavy atom. The van der Waals surface area contributed by atoms with Crippen LogP contribution in [0.2, 0.25) is 0 Å². The molecule has 0 radical (unpaired) electrons. The molecular weight excluding hydrogens is 355 g/mol. The average Bonchev–Trinajstić information content (AvgIpc) is 3.44. The summed E-state index contributed by atoms with van der Waals surface area (Å²) in [6, 6.07) is 13.9. The van der Waals surface area contributed by atoms with E-state index in [-0.39, 0.29) is 11.9 Å². The van der Waals surface area contributed by atoms with Crippen LogP contribution >= 0.6 is 0 Å². The molecule has 6 nitrogen and oxygen atoms in total. The fourth-order valence-electron chi connectivity index (χ4n) is 3.16. The molecule has 5 N–H and O–H groups in total. The fourth-order valence-corrected chi connectivity index (χ4v) is 3.16. The van der Waals surface area contributed by atoms with Crippen LogP contribution in [0.4, 0.5) is 27.3 Å². The molecular formula is C21H21FN6. The number of nitrogens with two attached hydrogens (primary N) is 1. The second-order valence-corrected chi connectivity index (χ2v) is 7.12. The Bertz CT molecular complexity index is 1030. The van der Waals surface area contributed by atoms with E-state index in [1.807, 2.05) is 19.1 Å². The molecule has 7 heteroatoms. The Morgan fingerprint density at radius 3 is 2.68 bits per heavy atom. The fraction of sp³-hybridized carbons (Fsp3) is 0.238. The van der Waals surface area contributed by atoms with Crippen molar-refractivity contribution in [3.05, 3.63) is 65.1 Å². The van der Waals surface area contributed by atoms with Crippen LogP contribution in [0, 0.1) is 17.1 Å². The van der Waals surface area contributed by atoms with E-state index >= 15 is 0 Å². The Morgan fingerprint density at radius 1 is 1.25 bits per heavy atom. The van der Waals surface area contributed by atoms with Gasteiger partial charge in [0.25, 0.3) is 0 Å². The summed E-state index contributed by atoms with van der Waals surface area (Å²) in [6.07, 6.45) is 2.37. The average molecular weight is 376 g/mol. The summed E-state index contributed by atoms with van der Waals surface area (Å²) < 4.78 is 13.1. The number of hydrogen-bond acceptors (Lipinski definition) is 5. The zero-order chi connectivity index (χ0) is 19.7. The van der Waals surface area contributed by atoms with Crippen LogP contribution in [0.15, 0.2) is 42.5 Å². The SMILES string of the molecule is C[C@H](Nc1cc(C#N)c(N)c(Nc2cc(C3CC3)[nH]n2)c1)c1ccc(F)cc1. The third-order valence-electron chi connectivity index (χ3n) is 4.93. The van der Waals surface area contributed by atoms with Crippen LogP contribution in [0.3, 0.4) is 0 Å². The van der Waals surface area contributed by atoms with Crippen LogP contribution in [0.5, 0.6) is 0 Å². The van der Waals surface area contributed by atoms with Crippen molar-refractivity contribution < 1.29 is 4.39 Å². The van der Waals surface area contributed by atoms with Gasteiger partial charge in [0.2, 0.25) is 0 Å². The molecule has 1 fully saturated rings. The van der Waals surface area contributed by atoms with E-state index in [1.54, 1.807) is 18.2 Å². The molecule has 1 heterocycles. The summed E-state index contributed by atoms with van der Waals surface area (Å²) >= 11 is 0. The number of rotatable bonds is 6. The molecule has 28 heavy (non-hydrogen) atoms. The first kappa shape index (κ1) is 17.9. The van der Waals surface area contributed by atoms with Crippen molar-refractivity contribution in [3.63, 3.8) is 0 Å². The maximum Gasteiger partial charge on any atom is 0.152 e. The summed E-state index contributed by atoms with van der Waals surface area (Å²) in [5.74, 6) is 0.965. The number of benzene rings is 2. The van der Waals surface area contributed by atoms with E-state index in [0.29, 0.717) is 28.7 Å². The molecule has 0 amide bonds. The number of nitrogens with one attached hydrogen (secondary N) is 3. The molecule has 1 saturated carbocycles. The molecule has 0 saturated heterocycles. The Kier molecular flexibility index (Phi) is 4.62.